The van der Waals surface area contributed by atoms with Crippen molar-refractivity contribution in [3.05, 3.63) is 71.9 Å². The lowest BCUT2D eigenvalue weighted by Gasteiger charge is -2.23. The van der Waals surface area contributed by atoms with E-state index in [0.717, 1.165) is 23.4 Å². The number of amides is 2. The van der Waals surface area contributed by atoms with Crippen molar-refractivity contribution >= 4 is 17.6 Å². The van der Waals surface area contributed by atoms with Crippen LogP contribution >= 0.6 is 0 Å². The Labute approximate surface area is 214 Å². The summed E-state index contributed by atoms with van der Waals surface area (Å²) in [5.74, 6) is 1.10. The summed E-state index contributed by atoms with van der Waals surface area (Å²) in [4.78, 5) is 27.7. The maximum atomic E-state index is 13.2. The fourth-order valence-corrected chi connectivity index (χ4v) is 3.64. The van der Waals surface area contributed by atoms with Crippen molar-refractivity contribution in [3.8, 4) is 11.4 Å². The Morgan fingerprint density at radius 2 is 1.72 bits per heavy atom. The van der Waals surface area contributed by atoms with Gasteiger partial charge < -0.3 is 15.0 Å². The van der Waals surface area contributed by atoms with E-state index in [0.29, 0.717) is 24.0 Å². The van der Waals surface area contributed by atoms with Gasteiger partial charge in [0.25, 0.3) is 5.91 Å². The molecule has 2 amide bonds. The van der Waals surface area contributed by atoms with Gasteiger partial charge in [-0.15, -0.1) is 0 Å². The minimum absolute atomic E-state index is 0.0620. The number of carbonyl (C=O) groups is 2. The van der Waals surface area contributed by atoms with Crippen molar-refractivity contribution in [2.24, 2.45) is 5.92 Å². The molecule has 0 atom stereocenters. The van der Waals surface area contributed by atoms with Gasteiger partial charge in [-0.2, -0.15) is 5.10 Å². The van der Waals surface area contributed by atoms with Crippen LogP contribution in [0.1, 0.15) is 52.3 Å². The molecule has 1 heterocycles. The van der Waals surface area contributed by atoms with Gasteiger partial charge >= 0.3 is 0 Å². The third kappa shape index (κ3) is 7.44. The molecule has 0 unspecified atom stereocenters. The van der Waals surface area contributed by atoms with Crippen LogP contribution < -0.4 is 10.1 Å². The summed E-state index contributed by atoms with van der Waals surface area (Å²) in [6.45, 7) is 12.8. The van der Waals surface area contributed by atoms with Crippen molar-refractivity contribution < 1.29 is 14.3 Å². The molecule has 0 saturated carbocycles. The lowest BCUT2D eigenvalue weighted by Crippen LogP contribution is -2.41. The molecule has 0 saturated heterocycles. The smallest absolute Gasteiger partial charge is 0.260 e. The largest absolute Gasteiger partial charge is 0.484 e. The van der Waals surface area contributed by atoms with E-state index in [1.54, 1.807) is 21.7 Å². The minimum Gasteiger partial charge on any atom is -0.484 e. The van der Waals surface area contributed by atoms with Crippen LogP contribution in [0.4, 0.5) is 5.82 Å². The number of hydrogen-bond donors (Lipinski definition) is 1. The highest BCUT2D eigenvalue weighted by Gasteiger charge is 2.24. The summed E-state index contributed by atoms with van der Waals surface area (Å²) in [5, 5.41) is 7.81. The van der Waals surface area contributed by atoms with Crippen molar-refractivity contribution in [2.45, 2.75) is 53.4 Å². The molecule has 0 spiro atoms. The van der Waals surface area contributed by atoms with Gasteiger partial charge in [0.1, 0.15) is 18.1 Å². The summed E-state index contributed by atoms with van der Waals surface area (Å²) in [6, 6.07) is 19.0. The molecule has 0 aliphatic carbocycles. The normalized spacial score (nSPS) is 11.4. The number of aromatic nitrogens is 2. The molecular formula is C29H38N4O3. The first-order chi connectivity index (χ1) is 17.0. The third-order valence-corrected chi connectivity index (χ3v) is 5.86. The van der Waals surface area contributed by atoms with E-state index in [1.165, 1.54) is 0 Å². The van der Waals surface area contributed by atoms with Crippen LogP contribution in [0.2, 0.25) is 0 Å². The van der Waals surface area contributed by atoms with Crippen LogP contribution in [-0.4, -0.2) is 46.2 Å². The molecule has 3 aromatic rings. The van der Waals surface area contributed by atoms with Gasteiger partial charge in [0.05, 0.1) is 11.4 Å². The van der Waals surface area contributed by atoms with E-state index in [4.69, 9.17) is 9.84 Å². The topological polar surface area (TPSA) is 76.5 Å². The number of para-hydroxylation sites is 2. The van der Waals surface area contributed by atoms with Gasteiger partial charge in [0.15, 0.2) is 6.61 Å². The van der Waals surface area contributed by atoms with E-state index in [2.05, 4.69) is 39.9 Å². The summed E-state index contributed by atoms with van der Waals surface area (Å²) < 4.78 is 7.42. The maximum Gasteiger partial charge on any atom is 0.260 e. The zero-order valence-corrected chi connectivity index (χ0v) is 22.2. The molecule has 192 valence electrons. The lowest BCUT2D eigenvalue weighted by atomic mass is 9.92. The summed E-state index contributed by atoms with van der Waals surface area (Å²) in [5.41, 5.74) is 2.61. The average Bonchev–Trinajstić information content (AvgIpc) is 3.25. The Morgan fingerprint density at radius 3 is 2.36 bits per heavy atom. The second-order valence-electron chi connectivity index (χ2n) is 10.5. The second-order valence-corrected chi connectivity index (χ2v) is 10.5. The Kier molecular flexibility index (Phi) is 8.91. The predicted octanol–water partition coefficient (Wildman–Crippen LogP) is 5.37. The van der Waals surface area contributed by atoms with E-state index in [1.807, 2.05) is 55.5 Å². The Balaban J connectivity index is 1.78. The lowest BCUT2D eigenvalue weighted by molar-refractivity contribution is -0.136. The summed E-state index contributed by atoms with van der Waals surface area (Å²) >= 11 is 0. The van der Waals surface area contributed by atoms with E-state index < -0.39 is 0 Å². The SMILES string of the molecule is Cc1ccccc1-n1nc(C(C)(C)C)cc1NC(=O)CN(CCC(C)C)C(=O)COc1ccccc1. The zero-order chi connectivity index (χ0) is 26.3. The van der Waals surface area contributed by atoms with E-state index >= 15 is 0 Å². The Hall–Kier alpha value is -3.61. The molecule has 1 aromatic heterocycles. The monoisotopic (exact) mass is 490 g/mol. The quantitative estimate of drug-likeness (QED) is 0.414. The fourth-order valence-electron chi connectivity index (χ4n) is 3.64. The van der Waals surface area contributed by atoms with Crippen LogP contribution in [0, 0.1) is 12.8 Å². The van der Waals surface area contributed by atoms with Crippen molar-refractivity contribution in [3.63, 3.8) is 0 Å². The van der Waals surface area contributed by atoms with Crippen LogP contribution in [-0.2, 0) is 15.0 Å². The molecule has 0 fully saturated rings. The molecule has 0 bridgehead atoms. The number of aryl methyl sites for hydroxylation is 1. The number of rotatable bonds is 10. The number of nitrogens with zero attached hydrogens (tertiary/aromatic N) is 3. The van der Waals surface area contributed by atoms with Crippen LogP contribution in [0.15, 0.2) is 60.7 Å². The summed E-state index contributed by atoms with van der Waals surface area (Å²) in [6.07, 6.45) is 0.791. The third-order valence-electron chi connectivity index (χ3n) is 5.86. The maximum absolute atomic E-state index is 13.2. The first-order valence-corrected chi connectivity index (χ1v) is 12.5. The number of anilines is 1. The second kappa shape index (κ2) is 11.9. The first kappa shape index (κ1) is 27.0. The van der Waals surface area contributed by atoms with Gasteiger partial charge in [0.2, 0.25) is 5.91 Å². The molecule has 0 aliphatic heterocycles. The Morgan fingerprint density at radius 1 is 1.06 bits per heavy atom. The summed E-state index contributed by atoms with van der Waals surface area (Å²) in [7, 11) is 0. The predicted molar refractivity (Wildman–Crippen MR) is 144 cm³/mol. The zero-order valence-electron chi connectivity index (χ0n) is 22.2. The van der Waals surface area contributed by atoms with Gasteiger partial charge in [-0.1, -0.05) is 71.0 Å². The molecule has 2 aromatic carbocycles. The van der Waals surface area contributed by atoms with E-state index in [9.17, 15) is 9.59 Å². The number of ether oxygens (including phenoxy) is 1. The number of hydrogen-bond acceptors (Lipinski definition) is 4. The standard InChI is InChI=1S/C29H38N4O3/c1-21(2)16-17-32(28(35)20-36-23-13-8-7-9-14-23)19-27(34)30-26-18-25(29(4,5)6)31-33(26)24-15-11-10-12-22(24)3/h7-15,18,21H,16-17,19-20H2,1-6H3,(H,30,34). The molecular weight excluding hydrogens is 452 g/mol. The average molecular weight is 491 g/mol. The number of nitrogens with one attached hydrogen (secondary N) is 1. The number of benzene rings is 2. The molecule has 1 N–H and O–H groups in total. The highest BCUT2D eigenvalue weighted by molar-refractivity contribution is 5.94. The van der Waals surface area contributed by atoms with Crippen LogP contribution in [0.3, 0.4) is 0 Å². The van der Waals surface area contributed by atoms with Crippen molar-refractivity contribution in [1.29, 1.82) is 0 Å². The number of carbonyl (C=O) groups excluding carboxylic acids is 2. The van der Waals surface area contributed by atoms with Gasteiger partial charge in [-0.3, -0.25) is 9.59 Å². The highest BCUT2D eigenvalue weighted by atomic mass is 16.5. The Bertz CT molecular complexity index is 1160. The molecule has 36 heavy (non-hydrogen) atoms. The minimum atomic E-state index is -0.276. The molecule has 3 rings (SSSR count). The van der Waals surface area contributed by atoms with Crippen molar-refractivity contribution in [1.82, 2.24) is 14.7 Å². The van der Waals surface area contributed by atoms with E-state index in [-0.39, 0.29) is 30.4 Å². The van der Waals surface area contributed by atoms with Gasteiger partial charge in [0, 0.05) is 18.0 Å². The molecule has 7 heteroatoms. The van der Waals surface area contributed by atoms with Gasteiger partial charge in [-0.05, 0) is 43.0 Å². The fraction of sp³-hybridized carbons (Fsp3) is 0.414. The van der Waals surface area contributed by atoms with Crippen molar-refractivity contribution in [2.75, 3.05) is 25.0 Å². The highest BCUT2D eigenvalue weighted by Crippen LogP contribution is 2.27. The van der Waals surface area contributed by atoms with Gasteiger partial charge in [-0.25, -0.2) is 4.68 Å². The first-order valence-electron chi connectivity index (χ1n) is 12.5. The van der Waals surface area contributed by atoms with Crippen LogP contribution in [0.5, 0.6) is 5.75 Å². The molecule has 7 nitrogen and oxygen atoms in total. The molecule has 0 aliphatic rings. The molecule has 0 radical (unpaired) electrons. The van der Waals surface area contributed by atoms with Crippen LogP contribution in [0.25, 0.3) is 5.69 Å².